The van der Waals surface area contributed by atoms with Crippen LogP contribution in [0.25, 0.3) is 22.6 Å². The van der Waals surface area contributed by atoms with Gasteiger partial charge >= 0.3 is 18.2 Å². The Bertz CT molecular complexity index is 1250. The van der Waals surface area contributed by atoms with Crippen molar-refractivity contribution >= 4 is 45.7 Å². The summed E-state index contributed by atoms with van der Waals surface area (Å²) >= 11 is 1.51. The first-order valence-corrected chi connectivity index (χ1v) is 10.6. The number of aromatic amines is 1. The highest BCUT2D eigenvalue weighted by molar-refractivity contribution is 7.07. The van der Waals surface area contributed by atoms with E-state index in [0.29, 0.717) is 11.5 Å². The molecule has 0 atom stereocenters. The molecule has 2 amide bonds. The summed E-state index contributed by atoms with van der Waals surface area (Å²) in [7, 11) is 0. The van der Waals surface area contributed by atoms with Gasteiger partial charge in [-0.15, -0.1) is 11.3 Å². The number of carboxylic acids is 1. The zero-order valence-corrected chi connectivity index (χ0v) is 18.1. The van der Waals surface area contributed by atoms with Gasteiger partial charge in [-0.2, -0.15) is 13.2 Å². The van der Waals surface area contributed by atoms with E-state index in [1.807, 2.05) is 47.8 Å². The molecular formula is C21H18F3N5O4S. The Morgan fingerprint density at radius 2 is 1.85 bits per heavy atom. The first-order chi connectivity index (χ1) is 16.2. The van der Waals surface area contributed by atoms with E-state index in [4.69, 9.17) is 9.90 Å². The third-order valence-electron chi connectivity index (χ3n) is 4.29. The van der Waals surface area contributed by atoms with E-state index in [1.54, 1.807) is 11.6 Å². The lowest BCUT2D eigenvalue weighted by molar-refractivity contribution is -0.192. The van der Waals surface area contributed by atoms with Gasteiger partial charge in [0.2, 0.25) is 0 Å². The summed E-state index contributed by atoms with van der Waals surface area (Å²) in [6.07, 6.45) is -5.08. The smallest absolute Gasteiger partial charge is 0.475 e. The molecule has 4 rings (SSSR count). The van der Waals surface area contributed by atoms with Crippen molar-refractivity contribution in [2.24, 2.45) is 0 Å². The molecule has 2 aromatic heterocycles. The van der Waals surface area contributed by atoms with Crippen molar-refractivity contribution in [1.82, 2.24) is 15.0 Å². The number of aliphatic hydroxyl groups is 1. The lowest BCUT2D eigenvalue weighted by Gasteiger charge is -2.22. The molecular weight excluding hydrogens is 475 g/mol. The molecule has 0 unspecified atom stereocenters. The molecule has 2 heterocycles. The number of carbonyl (C=O) groups excluding carboxylic acids is 1. The second-order valence-corrected chi connectivity index (χ2v) is 7.35. The second-order valence-electron chi connectivity index (χ2n) is 6.63. The number of nitrogens with one attached hydrogen (secondary N) is 2. The zero-order valence-electron chi connectivity index (χ0n) is 17.3. The second kappa shape index (κ2) is 10.8. The number of fused-ring (bicyclic) bond motifs is 1. The van der Waals surface area contributed by atoms with Crippen LogP contribution in [0.3, 0.4) is 0 Å². The Morgan fingerprint density at radius 1 is 1.15 bits per heavy atom. The summed E-state index contributed by atoms with van der Waals surface area (Å²) in [6, 6.07) is 14.4. The van der Waals surface area contributed by atoms with Gasteiger partial charge in [-0.3, -0.25) is 4.90 Å². The van der Waals surface area contributed by atoms with E-state index < -0.39 is 12.1 Å². The fourth-order valence-electron chi connectivity index (χ4n) is 2.78. The molecule has 0 bridgehead atoms. The number of amides is 2. The van der Waals surface area contributed by atoms with Crippen LogP contribution >= 0.6 is 11.3 Å². The standard InChI is InChI=1S/C19H17N5O2S.C2HF3O2/c25-9-8-24(14-4-2-1-3-5-14)19(26)21-13-6-7-15-16(10-13)23-18(22-15)17-11-27-12-20-17;3-2(4,5)1(6)7/h1-7,10-12,25H,8-9H2,(H,21,26)(H,22,23);(H,6,7). The molecule has 0 aliphatic rings. The Balaban J connectivity index is 0.000000406. The van der Waals surface area contributed by atoms with Gasteiger partial charge in [0.15, 0.2) is 5.82 Å². The number of halogens is 3. The van der Waals surface area contributed by atoms with Crippen LogP contribution < -0.4 is 10.2 Å². The van der Waals surface area contributed by atoms with E-state index in [-0.39, 0.29) is 19.2 Å². The van der Waals surface area contributed by atoms with Crippen LogP contribution in [0, 0.1) is 0 Å². The number of para-hydroxylation sites is 1. The fourth-order valence-corrected chi connectivity index (χ4v) is 3.32. The number of aliphatic carboxylic acids is 1. The number of thiazole rings is 1. The van der Waals surface area contributed by atoms with Gasteiger partial charge < -0.3 is 20.5 Å². The maximum atomic E-state index is 12.7. The number of imidazole rings is 1. The number of alkyl halides is 3. The van der Waals surface area contributed by atoms with E-state index in [9.17, 15) is 23.1 Å². The van der Waals surface area contributed by atoms with Crippen LogP contribution in [-0.2, 0) is 4.79 Å². The first kappa shape index (κ1) is 24.7. The molecule has 9 nitrogen and oxygen atoms in total. The average molecular weight is 493 g/mol. The van der Waals surface area contributed by atoms with Gasteiger partial charge in [-0.25, -0.2) is 19.6 Å². The van der Waals surface area contributed by atoms with E-state index >= 15 is 0 Å². The number of aliphatic hydroxyl groups excluding tert-OH is 1. The number of anilines is 2. The van der Waals surface area contributed by atoms with Crippen molar-refractivity contribution < 1.29 is 33.0 Å². The number of urea groups is 1. The van der Waals surface area contributed by atoms with Crippen LogP contribution in [-0.4, -0.2) is 56.5 Å². The molecule has 4 N–H and O–H groups in total. The Labute approximate surface area is 194 Å². The van der Waals surface area contributed by atoms with Crippen LogP contribution in [0.15, 0.2) is 59.4 Å². The van der Waals surface area contributed by atoms with Gasteiger partial charge in [0.25, 0.3) is 0 Å². The van der Waals surface area contributed by atoms with Crippen LogP contribution in [0.1, 0.15) is 0 Å². The summed E-state index contributed by atoms with van der Waals surface area (Å²) in [5, 5.41) is 21.2. The predicted octanol–water partition coefficient (Wildman–Crippen LogP) is 4.35. The highest BCUT2D eigenvalue weighted by Gasteiger charge is 2.38. The third kappa shape index (κ3) is 6.30. The fraction of sp³-hybridized carbons (Fsp3) is 0.143. The van der Waals surface area contributed by atoms with Crippen molar-refractivity contribution in [3.63, 3.8) is 0 Å². The number of aromatic nitrogens is 3. The zero-order chi connectivity index (χ0) is 24.7. The minimum atomic E-state index is -5.08. The molecule has 0 aliphatic heterocycles. The Morgan fingerprint density at radius 3 is 2.44 bits per heavy atom. The maximum Gasteiger partial charge on any atom is 0.490 e. The molecule has 178 valence electrons. The molecule has 0 radical (unpaired) electrons. The molecule has 4 aromatic rings. The van der Waals surface area contributed by atoms with Gasteiger partial charge in [0.1, 0.15) is 5.69 Å². The number of benzene rings is 2. The minimum absolute atomic E-state index is 0.126. The SMILES string of the molecule is O=C(Nc1ccc2nc(-c3cscn3)[nH]c2c1)N(CCO)c1ccccc1.O=C(O)C(F)(F)F. The number of carbonyl (C=O) groups is 2. The van der Waals surface area contributed by atoms with Gasteiger partial charge in [-0.05, 0) is 30.3 Å². The van der Waals surface area contributed by atoms with Gasteiger partial charge in [-0.1, -0.05) is 18.2 Å². The van der Waals surface area contributed by atoms with Crippen molar-refractivity contribution in [2.45, 2.75) is 6.18 Å². The van der Waals surface area contributed by atoms with E-state index in [2.05, 4.69) is 20.3 Å². The largest absolute Gasteiger partial charge is 0.490 e. The summed E-state index contributed by atoms with van der Waals surface area (Å²) in [5.74, 6) is -2.06. The van der Waals surface area contributed by atoms with Crippen LogP contribution in [0.2, 0.25) is 0 Å². The highest BCUT2D eigenvalue weighted by atomic mass is 32.1. The first-order valence-electron chi connectivity index (χ1n) is 9.62. The predicted molar refractivity (Wildman–Crippen MR) is 121 cm³/mol. The number of carboxylic acid groups (broad SMARTS) is 1. The lowest BCUT2D eigenvalue weighted by atomic mass is 10.2. The van der Waals surface area contributed by atoms with Crippen LogP contribution in [0.5, 0.6) is 0 Å². The summed E-state index contributed by atoms with van der Waals surface area (Å²) < 4.78 is 31.7. The number of hydrogen-bond acceptors (Lipinski definition) is 6. The summed E-state index contributed by atoms with van der Waals surface area (Å²) in [6.45, 7) is 0.0784. The van der Waals surface area contributed by atoms with Crippen molar-refractivity contribution in [1.29, 1.82) is 0 Å². The van der Waals surface area contributed by atoms with Crippen LogP contribution in [0.4, 0.5) is 29.3 Å². The lowest BCUT2D eigenvalue weighted by Crippen LogP contribution is -2.37. The topological polar surface area (TPSA) is 131 Å². The Hall–Kier alpha value is -3.97. The van der Waals surface area contributed by atoms with E-state index in [0.717, 1.165) is 22.4 Å². The highest BCUT2D eigenvalue weighted by Crippen LogP contribution is 2.23. The van der Waals surface area contributed by atoms with Gasteiger partial charge in [0.05, 0.1) is 29.7 Å². The number of rotatable bonds is 5. The minimum Gasteiger partial charge on any atom is -0.475 e. The summed E-state index contributed by atoms with van der Waals surface area (Å²) in [4.78, 5) is 35.1. The molecule has 0 aliphatic carbocycles. The quantitative estimate of drug-likeness (QED) is 0.327. The Kier molecular flexibility index (Phi) is 7.81. The molecule has 13 heteroatoms. The molecule has 0 saturated carbocycles. The molecule has 0 spiro atoms. The monoisotopic (exact) mass is 493 g/mol. The van der Waals surface area contributed by atoms with Crippen molar-refractivity contribution in [3.8, 4) is 11.5 Å². The number of hydrogen-bond donors (Lipinski definition) is 4. The van der Waals surface area contributed by atoms with E-state index in [1.165, 1.54) is 16.2 Å². The normalized spacial score (nSPS) is 10.9. The molecule has 0 fully saturated rings. The average Bonchev–Trinajstić information content (AvgIpc) is 3.47. The maximum absolute atomic E-state index is 12.7. The number of nitrogens with zero attached hydrogens (tertiary/aromatic N) is 3. The molecule has 34 heavy (non-hydrogen) atoms. The summed E-state index contributed by atoms with van der Waals surface area (Å²) in [5.41, 5.74) is 5.51. The van der Waals surface area contributed by atoms with Crippen molar-refractivity contribution in [3.05, 3.63) is 59.4 Å². The number of H-pyrrole nitrogens is 1. The molecule has 0 saturated heterocycles. The molecule has 2 aromatic carbocycles. The third-order valence-corrected chi connectivity index (χ3v) is 4.87. The van der Waals surface area contributed by atoms with Crippen molar-refractivity contribution in [2.75, 3.05) is 23.4 Å². The van der Waals surface area contributed by atoms with Gasteiger partial charge in [0, 0.05) is 16.8 Å².